The zero-order chi connectivity index (χ0) is 17.9. The SMILES string of the molecule is COc1ccccc1-c1ccc2nnc(SCc3ccc(F)cc3)n2n1. The van der Waals surface area contributed by atoms with Gasteiger partial charge in [0, 0.05) is 11.3 Å². The van der Waals surface area contributed by atoms with Crippen molar-refractivity contribution in [2.45, 2.75) is 10.9 Å². The lowest BCUT2D eigenvalue weighted by atomic mass is 10.1. The lowest BCUT2D eigenvalue weighted by molar-refractivity contribution is 0.416. The van der Waals surface area contributed by atoms with Crippen LogP contribution in [0.5, 0.6) is 5.75 Å². The highest BCUT2D eigenvalue weighted by atomic mass is 32.2. The monoisotopic (exact) mass is 366 g/mol. The minimum atomic E-state index is -0.241. The van der Waals surface area contributed by atoms with E-state index in [1.54, 1.807) is 23.8 Å². The number of thioether (sulfide) groups is 1. The Kier molecular flexibility index (Phi) is 4.53. The molecule has 0 aliphatic heterocycles. The van der Waals surface area contributed by atoms with Gasteiger partial charge in [-0.15, -0.1) is 10.2 Å². The first kappa shape index (κ1) is 16.5. The van der Waals surface area contributed by atoms with Gasteiger partial charge >= 0.3 is 0 Å². The summed E-state index contributed by atoms with van der Waals surface area (Å²) in [6.07, 6.45) is 0. The molecule has 2 heterocycles. The number of fused-ring (bicyclic) bond motifs is 1. The van der Waals surface area contributed by atoms with Crippen LogP contribution in [0.15, 0.2) is 65.8 Å². The van der Waals surface area contributed by atoms with Gasteiger partial charge < -0.3 is 4.74 Å². The normalized spacial score (nSPS) is 11.0. The highest BCUT2D eigenvalue weighted by molar-refractivity contribution is 7.98. The number of nitrogens with zero attached hydrogens (tertiary/aromatic N) is 4. The van der Waals surface area contributed by atoms with Gasteiger partial charge in [0.1, 0.15) is 11.6 Å². The third-order valence-corrected chi connectivity index (χ3v) is 4.89. The van der Waals surface area contributed by atoms with Crippen LogP contribution in [0.25, 0.3) is 16.9 Å². The van der Waals surface area contributed by atoms with Crippen molar-refractivity contribution in [3.05, 3.63) is 72.0 Å². The summed E-state index contributed by atoms with van der Waals surface area (Å²) in [5, 5.41) is 13.7. The van der Waals surface area contributed by atoms with Crippen molar-refractivity contribution in [3.63, 3.8) is 0 Å². The van der Waals surface area contributed by atoms with Crippen LogP contribution < -0.4 is 4.74 Å². The van der Waals surface area contributed by atoms with Crippen LogP contribution in [-0.2, 0) is 5.75 Å². The second kappa shape index (κ2) is 7.13. The van der Waals surface area contributed by atoms with Gasteiger partial charge in [-0.05, 0) is 42.0 Å². The summed E-state index contributed by atoms with van der Waals surface area (Å²) in [6, 6.07) is 17.9. The molecule has 0 N–H and O–H groups in total. The maximum absolute atomic E-state index is 13.0. The molecule has 0 fully saturated rings. The first-order valence-corrected chi connectivity index (χ1v) is 8.96. The Bertz CT molecular complexity index is 1050. The van der Waals surface area contributed by atoms with Crippen molar-refractivity contribution in [1.29, 1.82) is 0 Å². The predicted molar refractivity (Wildman–Crippen MR) is 98.7 cm³/mol. The molecule has 0 saturated carbocycles. The first-order chi connectivity index (χ1) is 12.7. The van der Waals surface area contributed by atoms with E-state index in [1.807, 2.05) is 36.4 Å². The van der Waals surface area contributed by atoms with Gasteiger partial charge in [-0.3, -0.25) is 0 Å². The van der Waals surface area contributed by atoms with Crippen molar-refractivity contribution in [2.75, 3.05) is 7.11 Å². The first-order valence-electron chi connectivity index (χ1n) is 7.98. The van der Waals surface area contributed by atoms with Crippen LogP contribution >= 0.6 is 11.8 Å². The number of rotatable bonds is 5. The number of methoxy groups -OCH3 is 1. The van der Waals surface area contributed by atoms with Crippen molar-refractivity contribution < 1.29 is 9.13 Å². The topological polar surface area (TPSA) is 52.3 Å². The van der Waals surface area contributed by atoms with E-state index in [0.29, 0.717) is 16.6 Å². The molecule has 4 aromatic rings. The molecule has 0 unspecified atom stereocenters. The van der Waals surface area contributed by atoms with E-state index in [-0.39, 0.29) is 5.82 Å². The molecule has 2 aromatic carbocycles. The van der Waals surface area contributed by atoms with E-state index < -0.39 is 0 Å². The molecule has 0 aliphatic rings. The van der Waals surface area contributed by atoms with Crippen LogP contribution in [0.1, 0.15) is 5.56 Å². The molecule has 0 saturated heterocycles. The Balaban J connectivity index is 1.65. The molecule has 4 rings (SSSR count). The molecule has 0 amide bonds. The van der Waals surface area contributed by atoms with E-state index in [9.17, 15) is 4.39 Å². The number of benzene rings is 2. The van der Waals surface area contributed by atoms with E-state index in [2.05, 4.69) is 15.3 Å². The van der Waals surface area contributed by atoms with Crippen molar-refractivity contribution in [2.24, 2.45) is 0 Å². The molecule has 0 radical (unpaired) electrons. The molecular weight excluding hydrogens is 351 g/mol. The highest BCUT2D eigenvalue weighted by Gasteiger charge is 2.12. The van der Waals surface area contributed by atoms with E-state index in [4.69, 9.17) is 4.74 Å². The zero-order valence-corrected chi connectivity index (χ0v) is 14.8. The number of ether oxygens (including phenoxy) is 1. The summed E-state index contributed by atoms with van der Waals surface area (Å²) >= 11 is 1.50. The maximum atomic E-state index is 13.0. The van der Waals surface area contributed by atoms with E-state index in [1.165, 1.54) is 23.9 Å². The van der Waals surface area contributed by atoms with Gasteiger partial charge in [0.15, 0.2) is 5.65 Å². The average molecular weight is 366 g/mol. The Hall–Kier alpha value is -2.93. The Labute approximate surface area is 153 Å². The van der Waals surface area contributed by atoms with Crippen molar-refractivity contribution in [3.8, 4) is 17.0 Å². The maximum Gasteiger partial charge on any atom is 0.212 e. The van der Waals surface area contributed by atoms with Gasteiger partial charge in [-0.25, -0.2) is 4.39 Å². The average Bonchev–Trinajstić information content (AvgIpc) is 3.10. The van der Waals surface area contributed by atoms with Gasteiger partial charge in [0.05, 0.1) is 12.8 Å². The van der Waals surface area contributed by atoms with Gasteiger partial charge in [0.2, 0.25) is 5.16 Å². The molecule has 0 aliphatic carbocycles. The number of aromatic nitrogens is 4. The van der Waals surface area contributed by atoms with Gasteiger partial charge in [0.25, 0.3) is 0 Å². The quantitative estimate of drug-likeness (QED) is 0.495. The fourth-order valence-electron chi connectivity index (χ4n) is 2.59. The van der Waals surface area contributed by atoms with Crippen LogP contribution in [0.3, 0.4) is 0 Å². The molecule has 0 spiro atoms. The minimum Gasteiger partial charge on any atom is -0.496 e. The number of hydrogen-bond donors (Lipinski definition) is 0. The Morgan fingerprint density at radius 1 is 1.00 bits per heavy atom. The lowest BCUT2D eigenvalue weighted by Crippen LogP contribution is -1.98. The molecule has 0 bridgehead atoms. The molecule has 26 heavy (non-hydrogen) atoms. The van der Waals surface area contributed by atoms with E-state index in [0.717, 1.165) is 22.6 Å². The van der Waals surface area contributed by atoms with E-state index >= 15 is 0 Å². The second-order valence-electron chi connectivity index (χ2n) is 5.59. The molecule has 7 heteroatoms. The molecule has 0 atom stereocenters. The molecular formula is C19H15FN4OS. The zero-order valence-electron chi connectivity index (χ0n) is 14.0. The van der Waals surface area contributed by atoms with Crippen molar-refractivity contribution >= 4 is 17.4 Å². The summed E-state index contributed by atoms with van der Waals surface area (Å²) in [4.78, 5) is 0. The molecule has 130 valence electrons. The smallest absolute Gasteiger partial charge is 0.212 e. The summed E-state index contributed by atoms with van der Waals surface area (Å²) in [5.74, 6) is 1.17. The lowest BCUT2D eigenvalue weighted by Gasteiger charge is -2.08. The fourth-order valence-corrected chi connectivity index (χ4v) is 3.43. The summed E-state index contributed by atoms with van der Waals surface area (Å²) in [5.41, 5.74) is 3.36. The number of para-hydroxylation sites is 1. The summed E-state index contributed by atoms with van der Waals surface area (Å²) < 4.78 is 20.2. The molecule has 5 nitrogen and oxygen atoms in total. The summed E-state index contributed by atoms with van der Waals surface area (Å²) in [6.45, 7) is 0. The van der Waals surface area contributed by atoms with Crippen LogP contribution in [0.2, 0.25) is 0 Å². The fraction of sp³-hybridized carbons (Fsp3) is 0.105. The van der Waals surface area contributed by atoms with Crippen LogP contribution in [-0.4, -0.2) is 26.9 Å². The molecule has 2 aromatic heterocycles. The minimum absolute atomic E-state index is 0.241. The third-order valence-electron chi connectivity index (χ3n) is 3.90. The predicted octanol–water partition coefficient (Wildman–Crippen LogP) is 4.23. The third kappa shape index (κ3) is 3.25. The summed E-state index contributed by atoms with van der Waals surface area (Å²) in [7, 11) is 1.64. The Morgan fingerprint density at radius 2 is 1.81 bits per heavy atom. The largest absolute Gasteiger partial charge is 0.496 e. The standard InChI is InChI=1S/C19H15FN4OS/c1-25-17-5-3-2-4-15(17)16-10-11-18-21-22-19(24(18)23-16)26-12-13-6-8-14(20)9-7-13/h2-11H,12H2,1H3. The van der Waals surface area contributed by atoms with Crippen LogP contribution in [0.4, 0.5) is 4.39 Å². The highest BCUT2D eigenvalue weighted by Crippen LogP contribution is 2.29. The second-order valence-corrected chi connectivity index (χ2v) is 6.53. The van der Waals surface area contributed by atoms with Gasteiger partial charge in [-0.2, -0.15) is 9.61 Å². The Morgan fingerprint density at radius 3 is 2.62 bits per heavy atom. The number of hydrogen-bond acceptors (Lipinski definition) is 5. The van der Waals surface area contributed by atoms with Gasteiger partial charge in [-0.1, -0.05) is 36.0 Å². The van der Waals surface area contributed by atoms with Crippen LogP contribution in [0, 0.1) is 5.82 Å². The van der Waals surface area contributed by atoms with Crippen molar-refractivity contribution in [1.82, 2.24) is 19.8 Å². The number of halogens is 1.